The summed E-state index contributed by atoms with van der Waals surface area (Å²) in [4.78, 5) is 8.68. The van der Waals surface area contributed by atoms with Crippen molar-refractivity contribution in [1.29, 1.82) is 0 Å². The zero-order valence-electron chi connectivity index (χ0n) is 12.6. The first-order chi connectivity index (χ1) is 10.1. The van der Waals surface area contributed by atoms with Crippen molar-refractivity contribution in [3.05, 3.63) is 47.7 Å². The fourth-order valence-corrected chi connectivity index (χ4v) is 1.94. The molecule has 4 nitrogen and oxygen atoms in total. The molecule has 112 valence electrons. The molecule has 1 aromatic heterocycles. The number of nitrogens with zero attached hydrogens (tertiary/aromatic N) is 2. The van der Waals surface area contributed by atoms with E-state index in [-0.39, 0.29) is 11.9 Å². The van der Waals surface area contributed by atoms with Crippen LogP contribution in [-0.2, 0) is 6.42 Å². The molecule has 0 fully saturated rings. The average molecular weight is 289 g/mol. The molecule has 1 heterocycles. The van der Waals surface area contributed by atoms with Gasteiger partial charge in [0, 0.05) is 11.8 Å². The first kappa shape index (κ1) is 15.2. The van der Waals surface area contributed by atoms with Crippen molar-refractivity contribution in [2.75, 3.05) is 11.9 Å². The molecule has 0 amide bonds. The predicted molar refractivity (Wildman–Crippen MR) is 81.1 cm³/mol. The van der Waals surface area contributed by atoms with Crippen LogP contribution in [0.15, 0.2) is 30.3 Å². The summed E-state index contributed by atoms with van der Waals surface area (Å²) in [6, 6.07) is 7.96. The third-order valence-corrected chi connectivity index (χ3v) is 2.97. The Labute approximate surface area is 124 Å². The van der Waals surface area contributed by atoms with Crippen LogP contribution in [-0.4, -0.2) is 22.6 Å². The number of rotatable bonds is 6. The van der Waals surface area contributed by atoms with Crippen molar-refractivity contribution in [1.82, 2.24) is 9.97 Å². The molecule has 0 radical (unpaired) electrons. The maximum atomic E-state index is 12.8. The Hall–Kier alpha value is -2.17. The SMILES string of the molecule is CCc1cc(NCC(C)Oc2ccc(F)cc2)nc(C)n1. The number of aromatic nitrogens is 2. The molecular weight excluding hydrogens is 269 g/mol. The van der Waals surface area contributed by atoms with Gasteiger partial charge in [0.15, 0.2) is 0 Å². The molecule has 0 aliphatic carbocycles. The Morgan fingerprint density at radius 2 is 1.95 bits per heavy atom. The molecule has 1 N–H and O–H groups in total. The van der Waals surface area contributed by atoms with Gasteiger partial charge in [-0.15, -0.1) is 0 Å². The highest BCUT2D eigenvalue weighted by molar-refractivity contribution is 5.36. The second-order valence-electron chi connectivity index (χ2n) is 4.91. The van der Waals surface area contributed by atoms with E-state index in [2.05, 4.69) is 22.2 Å². The van der Waals surface area contributed by atoms with Crippen LogP contribution in [0.4, 0.5) is 10.2 Å². The highest BCUT2D eigenvalue weighted by Gasteiger charge is 2.06. The summed E-state index contributed by atoms with van der Waals surface area (Å²) in [5.74, 6) is 1.94. The standard InChI is InChI=1S/C16H20FN3O/c1-4-14-9-16(20-12(3)19-14)18-10-11(2)21-15-7-5-13(17)6-8-15/h5-9,11H,4,10H2,1-3H3,(H,18,19,20). The molecule has 0 bridgehead atoms. The summed E-state index contributed by atoms with van der Waals surface area (Å²) < 4.78 is 18.5. The summed E-state index contributed by atoms with van der Waals surface area (Å²) in [6.45, 7) is 6.50. The second-order valence-corrected chi connectivity index (χ2v) is 4.91. The third-order valence-electron chi connectivity index (χ3n) is 2.97. The van der Waals surface area contributed by atoms with Gasteiger partial charge in [-0.1, -0.05) is 6.92 Å². The van der Waals surface area contributed by atoms with Crippen molar-refractivity contribution in [3.8, 4) is 5.75 Å². The van der Waals surface area contributed by atoms with Crippen LogP contribution in [0.5, 0.6) is 5.75 Å². The van der Waals surface area contributed by atoms with Gasteiger partial charge in [0.05, 0.1) is 6.54 Å². The minimum absolute atomic E-state index is 0.0594. The van der Waals surface area contributed by atoms with Gasteiger partial charge in [-0.25, -0.2) is 14.4 Å². The van der Waals surface area contributed by atoms with E-state index in [1.54, 1.807) is 12.1 Å². The van der Waals surface area contributed by atoms with E-state index in [1.165, 1.54) is 12.1 Å². The van der Waals surface area contributed by atoms with Crippen molar-refractivity contribution < 1.29 is 9.13 Å². The van der Waals surface area contributed by atoms with Crippen LogP contribution in [0.1, 0.15) is 25.4 Å². The Morgan fingerprint density at radius 1 is 1.24 bits per heavy atom. The fraction of sp³-hybridized carbons (Fsp3) is 0.375. The van der Waals surface area contributed by atoms with Crippen LogP contribution in [0, 0.1) is 12.7 Å². The van der Waals surface area contributed by atoms with Gasteiger partial charge in [0.1, 0.15) is 29.3 Å². The van der Waals surface area contributed by atoms with E-state index in [0.717, 1.165) is 23.8 Å². The monoisotopic (exact) mass is 289 g/mol. The van der Waals surface area contributed by atoms with Crippen molar-refractivity contribution in [3.63, 3.8) is 0 Å². The smallest absolute Gasteiger partial charge is 0.130 e. The van der Waals surface area contributed by atoms with Gasteiger partial charge in [0.2, 0.25) is 0 Å². The quantitative estimate of drug-likeness (QED) is 0.885. The number of aryl methyl sites for hydroxylation is 2. The van der Waals surface area contributed by atoms with E-state index < -0.39 is 0 Å². The summed E-state index contributed by atoms with van der Waals surface area (Å²) in [5.41, 5.74) is 1.01. The molecule has 1 unspecified atom stereocenters. The largest absolute Gasteiger partial charge is 0.489 e. The molecule has 0 aliphatic rings. The molecule has 5 heteroatoms. The van der Waals surface area contributed by atoms with E-state index in [4.69, 9.17) is 4.74 Å². The van der Waals surface area contributed by atoms with E-state index >= 15 is 0 Å². The summed E-state index contributed by atoms with van der Waals surface area (Å²) in [6.07, 6.45) is 0.815. The fourth-order valence-electron chi connectivity index (χ4n) is 1.94. The van der Waals surface area contributed by atoms with Gasteiger partial charge in [0.25, 0.3) is 0 Å². The summed E-state index contributed by atoms with van der Waals surface area (Å²) in [5, 5.41) is 3.24. The minimum atomic E-state index is -0.267. The number of hydrogen-bond acceptors (Lipinski definition) is 4. The number of halogens is 1. The molecule has 21 heavy (non-hydrogen) atoms. The molecule has 1 aromatic carbocycles. The molecule has 0 aliphatic heterocycles. The Kier molecular flexibility index (Phi) is 5.09. The van der Waals surface area contributed by atoms with Gasteiger partial charge < -0.3 is 10.1 Å². The maximum Gasteiger partial charge on any atom is 0.130 e. The van der Waals surface area contributed by atoms with Crippen LogP contribution in [0.3, 0.4) is 0 Å². The Balaban J connectivity index is 1.90. The molecule has 2 rings (SSSR count). The van der Waals surface area contributed by atoms with Gasteiger partial charge >= 0.3 is 0 Å². The van der Waals surface area contributed by atoms with E-state index in [9.17, 15) is 4.39 Å². The number of hydrogen-bond donors (Lipinski definition) is 1. The van der Waals surface area contributed by atoms with Gasteiger partial charge in [-0.3, -0.25) is 0 Å². The molecule has 0 saturated heterocycles. The van der Waals surface area contributed by atoms with Gasteiger partial charge in [-0.2, -0.15) is 0 Å². The Bertz CT molecular complexity index is 587. The van der Waals surface area contributed by atoms with Crippen LogP contribution in [0.2, 0.25) is 0 Å². The lowest BCUT2D eigenvalue weighted by Crippen LogP contribution is -2.23. The van der Waals surface area contributed by atoms with Crippen molar-refractivity contribution in [2.45, 2.75) is 33.3 Å². The Morgan fingerprint density at radius 3 is 2.62 bits per heavy atom. The van der Waals surface area contributed by atoms with Crippen LogP contribution in [0.25, 0.3) is 0 Å². The number of nitrogens with one attached hydrogen (secondary N) is 1. The number of anilines is 1. The van der Waals surface area contributed by atoms with Crippen molar-refractivity contribution >= 4 is 5.82 Å². The topological polar surface area (TPSA) is 47.0 Å². The zero-order valence-corrected chi connectivity index (χ0v) is 12.6. The lowest BCUT2D eigenvalue weighted by molar-refractivity contribution is 0.234. The zero-order chi connectivity index (χ0) is 15.2. The summed E-state index contributed by atoms with van der Waals surface area (Å²) >= 11 is 0. The molecule has 0 saturated carbocycles. The average Bonchev–Trinajstić information content (AvgIpc) is 2.47. The molecule has 2 aromatic rings. The van der Waals surface area contributed by atoms with Gasteiger partial charge in [-0.05, 0) is 44.5 Å². The van der Waals surface area contributed by atoms with Crippen molar-refractivity contribution in [2.24, 2.45) is 0 Å². The number of benzene rings is 1. The first-order valence-corrected chi connectivity index (χ1v) is 7.07. The second kappa shape index (κ2) is 7.02. The lowest BCUT2D eigenvalue weighted by Gasteiger charge is -2.16. The molecular formula is C16H20FN3O. The van der Waals surface area contributed by atoms with E-state index in [0.29, 0.717) is 12.3 Å². The number of ether oxygens (including phenoxy) is 1. The van der Waals surface area contributed by atoms with Crippen LogP contribution >= 0.6 is 0 Å². The normalized spacial score (nSPS) is 12.0. The molecule has 1 atom stereocenters. The highest BCUT2D eigenvalue weighted by Crippen LogP contribution is 2.13. The maximum absolute atomic E-state index is 12.8. The van der Waals surface area contributed by atoms with Crippen LogP contribution < -0.4 is 10.1 Å². The predicted octanol–water partition coefficient (Wildman–Crippen LogP) is 3.37. The van der Waals surface area contributed by atoms with E-state index in [1.807, 2.05) is 19.9 Å². The first-order valence-electron chi connectivity index (χ1n) is 7.07. The summed E-state index contributed by atoms with van der Waals surface area (Å²) in [7, 11) is 0. The third kappa shape index (κ3) is 4.70. The minimum Gasteiger partial charge on any atom is -0.489 e. The molecule has 0 spiro atoms. The highest BCUT2D eigenvalue weighted by atomic mass is 19.1. The lowest BCUT2D eigenvalue weighted by atomic mass is 10.3.